The van der Waals surface area contributed by atoms with Crippen LogP contribution < -0.4 is 21.9 Å². The molecule has 0 radical (unpaired) electrons. The molecule has 0 atom stereocenters. The number of hydrogen-bond donors (Lipinski definition) is 4. The molecule has 0 aliphatic rings. The molecule has 0 amide bonds. The number of hydrogen-bond acceptors (Lipinski definition) is 4. The summed E-state index contributed by atoms with van der Waals surface area (Å²) in [7, 11) is 5.92. The molecule has 5 N–H and O–H groups in total. The van der Waals surface area contributed by atoms with Crippen LogP contribution in [0.25, 0.3) is 0 Å². The van der Waals surface area contributed by atoms with Crippen molar-refractivity contribution in [1.82, 2.24) is 10.3 Å². The molecule has 0 fully saturated rings. The second kappa shape index (κ2) is 8.47. The van der Waals surface area contributed by atoms with Gasteiger partial charge in [-0.15, -0.1) is 0 Å². The summed E-state index contributed by atoms with van der Waals surface area (Å²) >= 11 is 0. The zero-order chi connectivity index (χ0) is 17.4. The van der Waals surface area contributed by atoms with Gasteiger partial charge in [0.15, 0.2) is 0 Å². The van der Waals surface area contributed by atoms with Crippen LogP contribution in [0.3, 0.4) is 0 Å². The molecule has 6 heteroatoms. The SMILES string of the molecule is CN(C)/C=C\[N+](C)=CNNc1ccc(Nc2ccc(N)cc2)cc1. The van der Waals surface area contributed by atoms with E-state index in [0.29, 0.717) is 0 Å². The van der Waals surface area contributed by atoms with Crippen LogP contribution in [-0.4, -0.2) is 37.0 Å². The summed E-state index contributed by atoms with van der Waals surface area (Å²) < 4.78 is 1.92. The van der Waals surface area contributed by atoms with Crippen molar-refractivity contribution in [2.24, 2.45) is 0 Å². The molecule has 0 saturated heterocycles. The number of benzene rings is 2. The predicted molar refractivity (Wildman–Crippen MR) is 102 cm³/mol. The lowest BCUT2D eigenvalue weighted by atomic mass is 10.2. The van der Waals surface area contributed by atoms with Crippen molar-refractivity contribution in [3.8, 4) is 0 Å². The van der Waals surface area contributed by atoms with Gasteiger partial charge in [-0.25, -0.2) is 10.0 Å². The third-order valence-electron chi connectivity index (χ3n) is 3.17. The summed E-state index contributed by atoms with van der Waals surface area (Å²) in [4.78, 5) is 1.98. The van der Waals surface area contributed by atoms with Crippen molar-refractivity contribution in [2.75, 3.05) is 37.6 Å². The van der Waals surface area contributed by atoms with E-state index in [-0.39, 0.29) is 0 Å². The molecule has 0 unspecified atom stereocenters. The summed E-state index contributed by atoms with van der Waals surface area (Å²) in [5.41, 5.74) is 15.6. The van der Waals surface area contributed by atoms with E-state index in [2.05, 4.69) is 16.2 Å². The van der Waals surface area contributed by atoms with Crippen molar-refractivity contribution in [3.05, 3.63) is 60.9 Å². The van der Waals surface area contributed by atoms with Gasteiger partial charge >= 0.3 is 0 Å². The summed E-state index contributed by atoms with van der Waals surface area (Å²) in [6.07, 6.45) is 5.75. The standard InChI is InChI=1S/C18H24N6/c1-23(2)12-13-24(3)14-20-22-18-10-8-17(9-11-18)21-16-6-4-15(19)5-7-16/h4-14,21-22H,19H2,1-3H3/p+1/b13-12-. The van der Waals surface area contributed by atoms with Gasteiger partial charge in [-0.3, -0.25) is 0 Å². The van der Waals surface area contributed by atoms with Crippen LogP contribution >= 0.6 is 0 Å². The number of rotatable bonds is 7. The number of nitrogens with zero attached hydrogens (tertiary/aromatic N) is 2. The summed E-state index contributed by atoms with van der Waals surface area (Å²) in [5, 5.41) is 3.33. The minimum absolute atomic E-state index is 0.757. The molecule has 126 valence electrons. The minimum atomic E-state index is 0.757. The number of nitrogen functional groups attached to an aromatic ring is 1. The Labute approximate surface area is 143 Å². The molecule has 0 aliphatic carbocycles. The van der Waals surface area contributed by atoms with E-state index in [1.807, 2.05) is 97.9 Å². The highest BCUT2D eigenvalue weighted by atomic mass is 15.4. The molecule has 0 heterocycles. The van der Waals surface area contributed by atoms with Crippen LogP contribution in [-0.2, 0) is 0 Å². The van der Waals surface area contributed by atoms with E-state index in [0.717, 1.165) is 22.7 Å². The average molecular weight is 325 g/mol. The molecule has 2 aromatic rings. The first-order chi connectivity index (χ1) is 11.5. The highest BCUT2D eigenvalue weighted by Gasteiger charge is 1.97. The van der Waals surface area contributed by atoms with Gasteiger partial charge in [0.2, 0.25) is 0 Å². The Balaban J connectivity index is 1.85. The van der Waals surface area contributed by atoms with Crippen molar-refractivity contribution >= 4 is 29.1 Å². The van der Waals surface area contributed by atoms with Gasteiger partial charge in [0.25, 0.3) is 6.34 Å². The van der Waals surface area contributed by atoms with E-state index in [4.69, 9.17) is 5.73 Å². The minimum Gasteiger partial charge on any atom is -0.399 e. The van der Waals surface area contributed by atoms with Crippen LogP contribution in [0.4, 0.5) is 22.7 Å². The van der Waals surface area contributed by atoms with Gasteiger partial charge < -0.3 is 16.0 Å². The molecule has 0 spiro atoms. The molecule has 0 aliphatic heterocycles. The average Bonchev–Trinajstić information content (AvgIpc) is 2.57. The first-order valence-corrected chi connectivity index (χ1v) is 7.67. The molecule has 0 bridgehead atoms. The molecule has 24 heavy (non-hydrogen) atoms. The topological polar surface area (TPSA) is 68.4 Å². The maximum atomic E-state index is 5.69. The van der Waals surface area contributed by atoms with Gasteiger partial charge in [0, 0.05) is 37.4 Å². The van der Waals surface area contributed by atoms with E-state index in [1.54, 1.807) is 0 Å². The molecule has 2 aromatic carbocycles. The first-order valence-electron chi connectivity index (χ1n) is 7.67. The smallest absolute Gasteiger partial charge is 0.259 e. The second-order valence-corrected chi connectivity index (χ2v) is 5.65. The van der Waals surface area contributed by atoms with Gasteiger partial charge in [-0.1, -0.05) is 0 Å². The van der Waals surface area contributed by atoms with Crippen LogP contribution in [0.1, 0.15) is 0 Å². The quantitative estimate of drug-likeness (QED) is 0.207. The first kappa shape index (κ1) is 17.2. The fourth-order valence-electron chi connectivity index (χ4n) is 1.87. The Morgan fingerprint density at radius 2 is 1.46 bits per heavy atom. The normalized spacial score (nSPS) is 11.4. The maximum Gasteiger partial charge on any atom is 0.259 e. The van der Waals surface area contributed by atoms with Gasteiger partial charge in [0.05, 0.1) is 12.7 Å². The zero-order valence-electron chi connectivity index (χ0n) is 14.3. The van der Waals surface area contributed by atoms with Gasteiger partial charge in [-0.05, 0) is 48.5 Å². The Morgan fingerprint density at radius 1 is 0.917 bits per heavy atom. The van der Waals surface area contributed by atoms with Crippen LogP contribution in [0.5, 0.6) is 0 Å². The highest BCUT2D eigenvalue weighted by molar-refractivity contribution is 5.64. The van der Waals surface area contributed by atoms with Gasteiger partial charge in [0.1, 0.15) is 6.20 Å². The third-order valence-corrected chi connectivity index (χ3v) is 3.17. The summed E-state index contributed by atoms with van der Waals surface area (Å²) in [6.45, 7) is 0. The Hall–Kier alpha value is -3.15. The molecule has 2 rings (SSSR count). The number of anilines is 4. The van der Waals surface area contributed by atoms with Crippen LogP contribution in [0, 0.1) is 0 Å². The fourth-order valence-corrected chi connectivity index (χ4v) is 1.87. The lowest BCUT2D eigenvalue weighted by Gasteiger charge is -2.08. The Bertz CT molecular complexity index is 686. The third kappa shape index (κ3) is 5.92. The molecular weight excluding hydrogens is 300 g/mol. The van der Waals surface area contributed by atoms with Crippen molar-refractivity contribution in [1.29, 1.82) is 0 Å². The molecular formula is C18H25N6+. The largest absolute Gasteiger partial charge is 0.399 e. The van der Waals surface area contributed by atoms with Crippen molar-refractivity contribution in [2.45, 2.75) is 0 Å². The molecule has 6 nitrogen and oxygen atoms in total. The molecule has 0 aromatic heterocycles. The monoisotopic (exact) mass is 325 g/mol. The predicted octanol–water partition coefficient (Wildman–Crippen LogP) is 2.63. The lowest BCUT2D eigenvalue weighted by molar-refractivity contribution is -0.419. The van der Waals surface area contributed by atoms with Crippen molar-refractivity contribution < 1.29 is 4.58 Å². The van der Waals surface area contributed by atoms with Crippen LogP contribution in [0.2, 0.25) is 0 Å². The summed E-state index contributed by atoms with van der Waals surface area (Å²) in [6, 6.07) is 15.7. The number of nitrogens with two attached hydrogens (primary N) is 1. The zero-order valence-corrected chi connectivity index (χ0v) is 14.3. The Kier molecular flexibility index (Phi) is 6.08. The highest BCUT2D eigenvalue weighted by Crippen LogP contribution is 2.19. The Morgan fingerprint density at radius 3 is 2.04 bits per heavy atom. The van der Waals surface area contributed by atoms with E-state index < -0.39 is 0 Å². The van der Waals surface area contributed by atoms with Gasteiger partial charge in [-0.2, -0.15) is 5.43 Å². The second-order valence-electron chi connectivity index (χ2n) is 5.65. The van der Waals surface area contributed by atoms with E-state index in [9.17, 15) is 0 Å². The number of hydrazine groups is 1. The lowest BCUT2D eigenvalue weighted by Crippen LogP contribution is -2.24. The van der Waals surface area contributed by atoms with E-state index in [1.165, 1.54) is 0 Å². The number of nitrogens with one attached hydrogen (secondary N) is 3. The van der Waals surface area contributed by atoms with Crippen molar-refractivity contribution in [3.63, 3.8) is 0 Å². The van der Waals surface area contributed by atoms with E-state index >= 15 is 0 Å². The molecule has 0 saturated carbocycles. The van der Waals surface area contributed by atoms with Crippen LogP contribution in [0.15, 0.2) is 60.9 Å². The maximum absolute atomic E-state index is 5.69. The summed E-state index contributed by atoms with van der Waals surface area (Å²) in [5.74, 6) is 0. The fraction of sp³-hybridized carbons (Fsp3) is 0.167.